The summed E-state index contributed by atoms with van der Waals surface area (Å²) in [4.78, 5) is 28.9. The van der Waals surface area contributed by atoms with Crippen LogP contribution in [0.3, 0.4) is 0 Å². The molecule has 1 fully saturated rings. The molecular formula is C21H27N3O3. The summed E-state index contributed by atoms with van der Waals surface area (Å²) in [5.74, 6) is 0.944. The highest BCUT2D eigenvalue weighted by Crippen LogP contribution is 2.14. The van der Waals surface area contributed by atoms with Crippen molar-refractivity contribution in [1.82, 2.24) is 15.0 Å². The molecule has 3 rings (SSSR count). The second-order valence-corrected chi connectivity index (χ2v) is 7.31. The lowest BCUT2D eigenvalue weighted by Crippen LogP contribution is -2.48. The molecule has 0 bridgehead atoms. The molecule has 0 N–H and O–H groups in total. The van der Waals surface area contributed by atoms with Gasteiger partial charge in [0.2, 0.25) is 5.91 Å². The maximum absolute atomic E-state index is 12.4. The maximum atomic E-state index is 12.4. The van der Waals surface area contributed by atoms with Crippen molar-refractivity contribution in [2.24, 2.45) is 0 Å². The molecule has 0 saturated carbocycles. The Morgan fingerprint density at radius 1 is 1.00 bits per heavy atom. The van der Waals surface area contributed by atoms with Crippen LogP contribution in [-0.4, -0.2) is 52.8 Å². The number of hydrogen-bond donors (Lipinski definition) is 0. The summed E-state index contributed by atoms with van der Waals surface area (Å²) >= 11 is 0. The van der Waals surface area contributed by atoms with Gasteiger partial charge in [-0.1, -0.05) is 17.3 Å². The first-order valence-electron chi connectivity index (χ1n) is 9.45. The molecule has 1 aliphatic heterocycles. The van der Waals surface area contributed by atoms with Gasteiger partial charge in [-0.05, 0) is 38.0 Å². The summed E-state index contributed by atoms with van der Waals surface area (Å²) < 4.78 is 5.25. The number of hydrogen-bond acceptors (Lipinski definition) is 5. The van der Waals surface area contributed by atoms with Crippen molar-refractivity contribution in [1.29, 1.82) is 0 Å². The van der Waals surface area contributed by atoms with Gasteiger partial charge in [-0.25, -0.2) is 0 Å². The van der Waals surface area contributed by atoms with Gasteiger partial charge < -0.3 is 9.42 Å². The normalized spacial score (nSPS) is 15.1. The fourth-order valence-electron chi connectivity index (χ4n) is 3.30. The van der Waals surface area contributed by atoms with Gasteiger partial charge in [0, 0.05) is 50.7 Å². The molecule has 2 heterocycles. The SMILES string of the molecule is Cc1cc(CN2CCN(C(=O)CCC(=O)c3ccc(C)c(C)c3)CC2)on1. The molecule has 0 aliphatic carbocycles. The summed E-state index contributed by atoms with van der Waals surface area (Å²) in [6.45, 7) is 9.62. The third-order valence-electron chi connectivity index (χ3n) is 5.18. The Kier molecular flexibility index (Phi) is 6.06. The molecule has 0 atom stereocenters. The van der Waals surface area contributed by atoms with Gasteiger partial charge in [-0.2, -0.15) is 0 Å². The van der Waals surface area contributed by atoms with Crippen molar-refractivity contribution in [3.63, 3.8) is 0 Å². The van der Waals surface area contributed by atoms with E-state index >= 15 is 0 Å². The fourth-order valence-corrected chi connectivity index (χ4v) is 3.30. The van der Waals surface area contributed by atoms with Crippen molar-refractivity contribution < 1.29 is 14.1 Å². The molecule has 6 nitrogen and oxygen atoms in total. The minimum atomic E-state index is 0.0331. The van der Waals surface area contributed by atoms with E-state index in [1.54, 1.807) is 0 Å². The average Bonchev–Trinajstić information content (AvgIpc) is 3.07. The quantitative estimate of drug-likeness (QED) is 0.733. The van der Waals surface area contributed by atoms with Crippen LogP contribution in [0.25, 0.3) is 0 Å². The minimum absolute atomic E-state index is 0.0331. The predicted molar refractivity (Wildman–Crippen MR) is 103 cm³/mol. The van der Waals surface area contributed by atoms with Gasteiger partial charge in [-0.3, -0.25) is 14.5 Å². The van der Waals surface area contributed by atoms with Crippen LogP contribution in [-0.2, 0) is 11.3 Å². The van der Waals surface area contributed by atoms with E-state index < -0.39 is 0 Å². The lowest BCUT2D eigenvalue weighted by atomic mass is 10.0. The third kappa shape index (κ3) is 5.04. The van der Waals surface area contributed by atoms with Crippen LogP contribution in [0, 0.1) is 20.8 Å². The second-order valence-electron chi connectivity index (χ2n) is 7.31. The lowest BCUT2D eigenvalue weighted by molar-refractivity contribution is -0.133. The Hall–Kier alpha value is -2.47. The molecule has 2 aromatic rings. The molecule has 0 unspecified atom stereocenters. The number of carbonyl (C=O) groups excluding carboxylic acids is 2. The first-order chi connectivity index (χ1) is 12.9. The zero-order valence-electron chi connectivity index (χ0n) is 16.3. The Labute approximate surface area is 160 Å². The van der Waals surface area contributed by atoms with Crippen LogP contribution < -0.4 is 0 Å². The number of piperazine rings is 1. The Morgan fingerprint density at radius 2 is 1.74 bits per heavy atom. The summed E-state index contributed by atoms with van der Waals surface area (Å²) in [6, 6.07) is 7.65. The highest BCUT2D eigenvalue weighted by molar-refractivity contribution is 5.98. The smallest absolute Gasteiger partial charge is 0.223 e. The van der Waals surface area contributed by atoms with Crippen molar-refractivity contribution >= 4 is 11.7 Å². The molecular weight excluding hydrogens is 342 g/mol. The molecule has 27 heavy (non-hydrogen) atoms. The first kappa shape index (κ1) is 19.3. The van der Waals surface area contributed by atoms with Crippen molar-refractivity contribution in [2.75, 3.05) is 26.2 Å². The van der Waals surface area contributed by atoms with E-state index in [-0.39, 0.29) is 24.5 Å². The molecule has 1 aliphatic rings. The summed E-state index contributed by atoms with van der Waals surface area (Å²) in [5, 5.41) is 3.90. The fraction of sp³-hybridized carbons (Fsp3) is 0.476. The number of benzene rings is 1. The number of ketones is 1. The van der Waals surface area contributed by atoms with E-state index in [2.05, 4.69) is 10.1 Å². The largest absolute Gasteiger partial charge is 0.360 e. The van der Waals surface area contributed by atoms with Crippen molar-refractivity contribution in [2.45, 2.75) is 40.2 Å². The number of aromatic nitrogens is 1. The second kappa shape index (κ2) is 8.48. The van der Waals surface area contributed by atoms with Gasteiger partial charge in [0.25, 0.3) is 0 Å². The number of aryl methyl sites for hydroxylation is 3. The molecule has 0 radical (unpaired) electrons. The van der Waals surface area contributed by atoms with E-state index in [0.29, 0.717) is 25.2 Å². The Morgan fingerprint density at radius 3 is 2.37 bits per heavy atom. The molecule has 144 valence electrons. The van der Waals surface area contributed by atoms with E-state index in [4.69, 9.17) is 4.52 Å². The Bertz CT molecular complexity index is 820. The molecule has 1 aromatic heterocycles. The highest BCUT2D eigenvalue weighted by atomic mass is 16.5. The van der Waals surface area contributed by atoms with Crippen LogP contribution in [0.4, 0.5) is 0 Å². The summed E-state index contributed by atoms with van der Waals surface area (Å²) in [7, 11) is 0. The predicted octanol–water partition coefficient (Wildman–Crippen LogP) is 2.91. The van der Waals surface area contributed by atoms with Gasteiger partial charge in [0.05, 0.1) is 12.2 Å². The molecule has 0 spiro atoms. The molecule has 1 saturated heterocycles. The standard InChI is InChI=1S/C21H27N3O3/c1-15-4-5-18(12-16(15)2)20(25)6-7-21(26)24-10-8-23(9-11-24)14-19-13-17(3)22-27-19/h4-5,12-13H,6-11,14H2,1-3H3. The van der Waals surface area contributed by atoms with Crippen LogP contribution in [0.5, 0.6) is 0 Å². The zero-order chi connectivity index (χ0) is 19.4. The van der Waals surface area contributed by atoms with E-state index in [1.807, 2.05) is 49.9 Å². The zero-order valence-corrected chi connectivity index (χ0v) is 16.3. The first-order valence-corrected chi connectivity index (χ1v) is 9.45. The van der Waals surface area contributed by atoms with Crippen LogP contribution in [0.1, 0.15) is 45.8 Å². The van der Waals surface area contributed by atoms with Crippen LogP contribution in [0.15, 0.2) is 28.8 Å². The van der Waals surface area contributed by atoms with E-state index in [0.717, 1.165) is 30.1 Å². The number of carbonyl (C=O) groups is 2. The van der Waals surface area contributed by atoms with E-state index in [1.165, 1.54) is 5.56 Å². The van der Waals surface area contributed by atoms with Crippen molar-refractivity contribution in [3.8, 4) is 0 Å². The minimum Gasteiger partial charge on any atom is -0.360 e. The topological polar surface area (TPSA) is 66.7 Å². The van der Waals surface area contributed by atoms with Gasteiger partial charge in [-0.15, -0.1) is 0 Å². The number of amides is 1. The lowest BCUT2D eigenvalue weighted by Gasteiger charge is -2.34. The summed E-state index contributed by atoms with van der Waals surface area (Å²) in [6.07, 6.45) is 0.534. The average molecular weight is 369 g/mol. The van der Waals surface area contributed by atoms with Gasteiger partial charge >= 0.3 is 0 Å². The third-order valence-corrected chi connectivity index (χ3v) is 5.18. The molecule has 6 heteroatoms. The molecule has 1 aromatic carbocycles. The number of Topliss-reactive ketones (excluding diaryl/α,β-unsaturated/α-hetero) is 1. The van der Waals surface area contributed by atoms with Gasteiger partial charge in [0.1, 0.15) is 0 Å². The van der Waals surface area contributed by atoms with E-state index in [9.17, 15) is 9.59 Å². The number of rotatable bonds is 6. The number of nitrogens with zero attached hydrogens (tertiary/aromatic N) is 3. The summed E-state index contributed by atoms with van der Waals surface area (Å²) in [5.41, 5.74) is 3.84. The monoisotopic (exact) mass is 369 g/mol. The van der Waals surface area contributed by atoms with Crippen LogP contribution >= 0.6 is 0 Å². The van der Waals surface area contributed by atoms with Gasteiger partial charge in [0.15, 0.2) is 11.5 Å². The highest BCUT2D eigenvalue weighted by Gasteiger charge is 2.22. The van der Waals surface area contributed by atoms with Crippen LogP contribution in [0.2, 0.25) is 0 Å². The van der Waals surface area contributed by atoms with Crippen molar-refractivity contribution in [3.05, 3.63) is 52.4 Å². The Balaban J connectivity index is 1.43. The maximum Gasteiger partial charge on any atom is 0.223 e. The molecule has 1 amide bonds.